The Bertz CT molecular complexity index is 1290. The molecule has 0 saturated carbocycles. The predicted octanol–water partition coefficient (Wildman–Crippen LogP) is 4.96. The third-order valence-corrected chi connectivity index (χ3v) is 7.10. The summed E-state index contributed by atoms with van der Waals surface area (Å²) < 4.78 is 18.0. The van der Waals surface area contributed by atoms with Gasteiger partial charge in [-0.3, -0.25) is 9.59 Å². The van der Waals surface area contributed by atoms with Gasteiger partial charge in [-0.2, -0.15) is 0 Å². The summed E-state index contributed by atoms with van der Waals surface area (Å²) in [5.41, 5.74) is 2.42. The van der Waals surface area contributed by atoms with Gasteiger partial charge >= 0.3 is 5.97 Å². The average molecular weight is 511 g/mol. The van der Waals surface area contributed by atoms with E-state index in [9.17, 15) is 9.59 Å². The summed E-state index contributed by atoms with van der Waals surface area (Å²) in [6.07, 6.45) is 1.56. The Morgan fingerprint density at radius 1 is 1.22 bits per heavy atom. The van der Waals surface area contributed by atoms with Crippen LogP contribution < -0.4 is 10.1 Å². The SMILES string of the molecule is C=CCOC(=O)C(c1ccc(C2(NC(=O)c3cc4c(Cl)c(OC)ccc4n3C)COC2)cc1)C(C)C. The molecule has 0 aliphatic carbocycles. The first kappa shape index (κ1) is 25.8. The van der Waals surface area contributed by atoms with Crippen LogP contribution in [0.25, 0.3) is 10.9 Å². The number of carbonyl (C=O) groups excluding carboxylic acids is 2. The van der Waals surface area contributed by atoms with Crippen molar-refractivity contribution in [3.05, 3.63) is 77.0 Å². The van der Waals surface area contributed by atoms with Crippen LogP contribution in [0.2, 0.25) is 5.02 Å². The van der Waals surface area contributed by atoms with Crippen molar-refractivity contribution in [3.8, 4) is 5.75 Å². The van der Waals surface area contributed by atoms with Gasteiger partial charge in [0.05, 0.1) is 36.8 Å². The molecule has 2 heterocycles. The van der Waals surface area contributed by atoms with Crippen molar-refractivity contribution >= 4 is 34.4 Å². The van der Waals surface area contributed by atoms with E-state index in [-0.39, 0.29) is 30.3 Å². The van der Waals surface area contributed by atoms with Gasteiger partial charge in [0.15, 0.2) is 0 Å². The van der Waals surface area contributed by atoms with E-state index in [0.29, 0.717) is 29.7 Å². The molecular formula is C28H31ClN2O5. The third-order valence-electron chi connectivity index (χ3n) is 6.71. The number of aryl methyl sites for hydroxylation is 1. The molecule has 1 aliphatic rings. The molecule has 1 N–H and O–H groups in total. The van der Waals surface area contributed by atoms with Crippen LogP contribution in [-0.2, 0) is 26.9 Å². The number of halogens is 1. The number of hydrogen-bond acceptors (Lipinski definition) is 5. The summed E-state index contributed by atoms with van der Waals surface area (Å²) in [5, 5.41) is 4.38. The average Bonchev–Trinajstić information content (AvgIpc) is 3.18. The lowest BCUT2D eigenvalue weighted by molar-refractivity contribution is -0.145. The largest absolute Gasteiger partial charge is 0.495 e. The molecular weight excluding hydrogens is 480 g/mol. The number of esters is 1. The topological polar surface area (TPSA) is 78.8 Å². The second-order valence-electron chi connectivity index (χ2n) is 9.39. The summed E-state index contributed by atoms with van der Waals surface area (Å²) in [4.78, 5) is 26.0. The molecule has 4 rings (SSSR count). The maximum Gasteiger partial charge on any atom is 0.313 e. The van der Waals surface area contributed by atoms with Gasteiger partial charge in [-0.05, 0) is 35.2 Å². The summed E-state index contributed by atoms with van der Waals surface area (Å²) >= 11 is 6.48. The van der Waals surface area contributed by atoms with Gasteiger partial charge in [-0.25, -0.2) is 0 Å². The van der Waals surface area contributed by atoms with Crippen LogP contribution in [0, 0.1) is 5.92 Å². The monoisotopic (exact) mass is 510 g/mol. The number of benzene rings is 2. The van der Waals surface area contributed by atoms with E-state index in [1.54, 1.807) is 25.3 Å². The maximum atomic E-state index is 13.4. The summed E-state index contributed by atoms with van der Waals surface area (Å²) in [6.45, 7) is 8.46. The number of hydrogen-bond donors (Lipinski definition) is 1. The zero-order chi connectivity index (χ0) is 26.0. The molecule has 1 saturated heterocycles. The molecule has 3 aromatic rings. The number of carbonyl (C=O) groups is 2. The zero-order valence-corrected chi connectivity index (χ0v) is 21.7. The van der Waals surface area contributed by atoms with E-state index >= 15 is 0 Å². The molecule has 1 aromatic heterocycles. The fourth-order valence-corrected chi connectivity index (χ4v) is 4.95. The van der Waals surface area contributed by atoms with Gasteiger partial charge in [0.1, 0.15) is 23.6 Å². The lowest BCUT2D eigenvalue weighted by Gasteiger charge is -2.42. The van der Waals surface area contributed by atoms with Gasteiger partial charge < -0.3 is 24.1 Å². The van der Waals surface area contributed by atoms with E-state index in [4.69, 9.17) is 25.8 Å². The summed E-state index contributed by atoms with van der Waals surface area (Å²) in [5.74, 6) is -0.285. The number of aromatic nitrogens is 1. The molecule has 1 atom stereocenters. The Morgan fingerprint density at radius 3 is 2.47 bits per heavy atom. The van der Waals surface area contributed by atoms with E-state index in [1.807, 2.05) is 55.8 Å². The van der Waals surface area contributed by atoms with E-state index in [1.165, 1.54) is 0 Å². The van der Waals surface area contributed by atoms with Crippen molar-refractivity contribution in [2.24, 2.45) is 13.0 Å². The zero-order valence-electron chi connectivity index (χ0n) is 21.0. The highest BCUT2D eigenvalue weighted by atomic mass is 35.5. The number of methoxy groups -OCH3 is 1. The Balaban J connectivity index is 1.59. The van der Waals surface area contributed by atoms with Crippen LogP contribution in [0.15, 0.2) is 55.1 Å². The second kappa shape index (κ2) is 10.4. The number of nitrogens with one attached hydrogen (secondary N) is 1. The number of rotatable bonds is 9. The molecule has 8 heteroatoms. The van der Waals surface area contributed by atoms with Crippen molar-refractivity contribution in [1.82, 2.24) is 9.88 Å². The maximum absolute atomic E-state index is 13.4. The van der Waals surface area contributed by atoms with Crippen molar-refractivity contribution in [2.75, 3.05) is 26.9 Å². The first-order valence-corrected chi connectivity index (χ1v) is 12.2. The number of ether oxygens (including phenoxy) is 3. The predicted molar refractivity (Wildman–Crippen MR) is 140 cm³/mol. The lowest BCUT2D eigenvalue weighted by atomic mass is 9.83. The van der Waals surface area contributed by atoms with Gasteiger partial charge in [0.25, 0.3) is 5.91 Å². The smallest absolute Gasteiger partial charge is 0.313 e. The number of amides is 1. The molecule has 1 aliphatic heterocycles. The van der Waals surface area contributed by atoms with Crippen LogP contribution in [0.4, 0.5) is 0 Å². The van der Waals surface area contributed by atoms with E-state index < -0.39 is 5.54 Å². The van der Waals surface area contributed by atoms with Crippen LogP contribution in [-0.4, -0.2) is 43.4 Å². The Morgan fingerprint density at radius 2 is 1.92 bits per heavy atom. The normalized spacial score (nSPS) is 15.3. The highest BCUT2D eigenvalue weighted by Gasteiger charge is 2.42. The van der Waals surface area contributed by atoms with Crippen LogP contribution >= 0.6 is 11.6 Å². The Hall–Kier alpha value is -3.29. The molecule has 2 aromatic carbocycles. The minimum atomic E-state index is -0.662. The highest BCUT2D eigenvalue weighted by molar-refractivity contribution is 6.37. The molecule has 1 unspecified atom stereocenters. The fraction of sp³-hybridized carbons (Fsp3) is 0.357. The Labute approximate surface area is 216 Å². The van der Waals surface area contributed by atoms with Crippen LogP contribution in [0.1, 0.15) is 41.4 Å². The van der Waals surface area contributed by atoms with Crippen molar-refractivity contribution in [3.63, 3.8) is 0 Å². The number of nitrogens with zero attached hydrogens (tertiary/aromatic N) is 1. The van der Waals surface area contributed by atoms with Crippen LogP contribution in [0.5, 0.6) is 5.75 Å². The minimum Gasteiger partial charge on any atom is -0.495 e. The van der Waals surface area contributed by atoms with E-state index in [2.05, 4.69) is 11.9 Å². The molecule has 190 valence electrons. The molecule has 0 radical (unpaired) electrons. The summed E-state index contributed by atoms with van der Waals surface area (Å²) in [7, 11) is 3.39. The van der Waals surface area contributed by atoms with Crippen molar-refractivity contribution < 1.29 is 23.8 Å². The molecule has 7 nitrogen and oxygen atoms in total. The molecule has 1 fully saturated rings. The Kier molecular flexibility index (Phi) is 7.43. The quantitative estimate of drug-likeness (QED) is 0.325. The standard InChI is InChI=1S/C28H31ClN2O5/c1-6-13-36-27(33)24(17(2)3)18-7-9-19(10-8-18)28(15-35-16-28)30-26(32)22-14-20-21(31(22)4)11-12-23(34-5)25(20)29/h6-12,14,17,24H,1,13,15-16H2,2-5H3,(H,30,32). The molecule has 1 amide bonds. The van der Waals surface area contributed by atoms with E-state index in [0.717, 1.165) is 22.0 Å². The molecule has 36 heavy (non-hydrogen) atoms. The number of fused-ring (bicyclic) bond motifs is 1. The third kappa shape index (κ3) is 4.61. The van der Waals surface area contributed by atoms with Gasteiger partial charge in [0.2, 0.25) is 0 Å². The lowest BCUT2D eigenvalue weighted by Crippen LogP contribution is -2.59. The first-order chi connectivity index (χ1) is 17.2. The first-order valence-electron chi connectivity index (χ1n) is 11.8. The van der Waals surface area contributed by atoms with Gasteiger partial charge in [0, 0.05) is 12.4 Å². The minimum absolute atomic E-state index is 0.0609. The summed E-state index contributed by atoms with van der Waals surface area (Å²) in [6, 6.07) is 13.2. The highest BCUT2D eigenvalue weighted by Crippen LogP contribution is 2.36. The van der Waals surface area contributed by atoms with Crippen molar-refractivity contribution in [2.45, 2.75) is 25.3 Å². The molecule has 0 bridgehead atoms. The van der Waals surface area contributed by atoms with Crippen LogP contribution in [0.3, 0.4) is 0 Å². The fourth-order valence-electron chi connectivity index (χ4n) is 4.66. The second-order valence-corrected chi connectivity index (χ2v) is 9.77. The molecule has 0 spiro atoms. The van der Waals surface area contributed by atoms with Gasteiger partial charge in [-0.15, -0.1) is 0 Å². The van der Waals surface area contributed by atoms with Crippen molar-refractivity contribution in [1.29, 1.82) is 0 Å². The van der Waals surface area contributed by atoms with Gasteiger partial charge in [-0.1, -0.05) is 62.4 Å².